The Morgan fingerprint density at radius 1 is 1.44 bits per heavy atom. The van der Waals surface area contributed by atoms with Crippen molar-refractivity contribution in [1.29, 1.82) is 0 Å². The van der Waals surface area contributed by atoms with Gasteiger partial charge in [0.2, 0.25) is 0 Å². The first-order valence-corrected chi connectivity index (χ1v) is 2.26. The van der Waals surface area contributed by atoms with E-state index in [4.69, 9.17) is 20.2 Å². The van der Waals surface area contributed by atoms with Gasteiger partial charge in [0, 0.05) is 6.42 Å². The van der Waals surface area contributed by atoms with Crippen molar-refractivity contribution < 1.29 is 25.0 Å². The smallest absolute Gasteiger partial charge is 0.481 e. The fourth-order valence-electron chi connectivity index (χ4n) is 0. The van der Waals surface area contributed by atoms with Gasteiger partial charge in [-0.25, -0.2) is 0 Å². The van der Waals surface area contributed by atoms with Crippen LogP contribution in [0.4, 0.5) is 0 Å². The van der Waals surface area contributed by atoms with E-state index in [0.717, 1.165) is 0 Å². The molecule has 0 saturated carbocycles. The minimum Gasteiger partial charge on any atom is -0.481 e. The molecule has 0 bridgehead atoms. The first-order chi connectivity index (χ1) is 4.00. The van der Waals surface area contributed by atoms with Gasteiger partial charge in [-0.1, -0.05) is 6.92 Å². The lowest BCUT2D eigenvalue weighted by Crippen LogP contribution is -2.07. The SMILES string of the molecule is CCC(=O)O.OB(O)O. The van der Waals surface area contributed by atoms with Crippen molar-refractivity contribution in [1.82, 2.24) is 0 Å². The highest BCUT2D eigenvalue weighted by molar-refractivity contribution is 6.30. The minimum absolute atomic E-state index is 0.222. The maximum atomic E-state index is 9.37. The number of carbonyl (C=O) groups is 1. The van der Waals surface area contributed by atoms with Crippen molar-refractivity contribution in [2.45, 2.75) is 13.3 Å². The Morgan fingerprint density at radius 2 is 1.56 bits per heavy atom. The number of carboxylic acids is 1. The zero-order chi connectivity index (χ0) is 7.86. The molecule has 0 unspecified atom stereocenters. The van der Waals surface area contributed by atoms with Gasteiger partial charge in [-0.3, -0.25) is 4.79 Å². The summed E-state index contributed by atoms with van der Waals surface area (Å²) >= 11 is 0. The molecule has 0 aliphatic carbocycles. The van der Waals surface area contributed by atoms with Crippen LogP contribution in [-0.2, 0) is 4.79 Å². The average molecular weight is 136 g/mol. The number of hydrogen-bond acceptors (Lipinski definition) is 4. The first-order valence-electron chi connectivity index (χ1n) is 2.26. The molecule has 0 heterocycles. The molecule has 6 heteroatoms. The lowest BCUT2D eigenvalue weighted by atomic mass is 10.3. The van der Waals surface area contributed by atoms with Crippen LogP contribution in [0.5, 0.6) is 0 Å². The Morgan fingerprint density at radius 3 is 1.56 bits per heavy atom. The van der Waals surface area contributed by atoms with Crippen LogP contribution in [0.1, 0.15) is 13.3 Å². The topological polar surface area (TPSA) is 98.0 Å². The number of hydrogen-bond donors (Lipinski definition) is 4. The van der Waals surface area contributed by atoms with Gasteiger partial charge in [0.05, 0.1) is 0 Å². The third-order valence-corrected chi connectivity index (χ3v) is 0.302. The highest BCUT2D eigenvalue weighted by Gasteiger charge is 1.92. The van der Waals surface area contributed by atoms with E-state index < -0.39 is 13.3 Å². The van der Waals surface area contributed by atoms with Crippen molar-refractivity contribution in [3.05, 3.63) is 0 Å². The van der Waals surface area contributed by atoms with E-state index in [1.807, 2.05) is 0 Å². The molecule has 0 atom stereocenters. The predicted molar refractivity (Wildman–Crippen MR) is 30.3 cm³/mol. The molecule has 4 N–H and O–H groups in total. The van der Waals surface area contributed by atoms with Crippen molar-refractivity contribution >= 4 is 13.3 Å². The van der Waals surface area contributed by atoms with E-state index in [9.17, 15) is 4.79 Å². The van der Waals surface area contributed by atoms with Gasteiger partial charge in [0.1, 0.15) is 0 Å². The Labute approximate surface area is 52.7 Å². The fourth-order valence-corrected chi connectivity index (χ4v) is 0. The fraction of sp³-hybridized carbons (Fsp3) is 0.667. The molecule has 0 aromatic carbocycles. The molecule has 0 aromatic rings. The summed E-state index contributed by atoms with van der Waals surface area (Å²) < 4.78 is 0. The molecule has 0 amide bonds. The van der Waals surface area contributed by atoms with Crippen molar-refractivity contribution in [2.24, 2.45) is 0 Å². The summed E-state index contributed by atoms with van der Waals surface area (Å²) in [7, 11) is -2.17. The Balaban J connectivity index is 0. The van der Waals surface area contributed by atoms with Crippen LogP contribution < -0.4 is 0 Å². The van der Waals surface area contributed by atoms with E-state index in [0.29, 0.717) is 0 Å². The van der Waals surface area contributed by atoms with Gasteiger partial charge in [0.15, 0.2) is 0 Å². The molecule has 9 heavy (non-hydrogen) atoms. The average Bonchev–Trinajstić information content (AvgIpc) is 1.65. The normalized spacial score (nSPS) is 7.11. The summed E-state index contributed by atoms with van der Waals surface area (Å²) in [5.41, 5.74) is 0. The summed E-state index contributed by atoms with van der Waals surface area (Å²) in [6.07, 6.45) is 0.222. The second-order valence-corrected chi connectivity index (χ2v) is 1.09. The summed E-state index contributed by atoms with van der Waals surface area (Å²) in [6.45, 7) is 1.60. The number of aliphatic carboxylic acids is 1. The van der Waals surface area contributed by atoms with Crippen LogP contribution in [0.3, 0.4) is 0 Å². The molecule has 0 aliphatic rings. The highest BCUT2D eigenvalue weighted by Crippen LogP contribution is 1.67. The zero-order valence-electron chi connectivity index (χ0n) is 4.98. The quantitative estimate of drug-likeness (QED) is 0.326. The van der Waals surface area contributed by atoms with Crippen LogP contribution in [0.15, 0.2) is 0 Å². The third-order valence-electron chi connectivity index (χ3n) is 0.302. The lowest BCUT2D eigenvalue weighted by molar-refractivity contribution is -0.136. The number of carboxylic acid groups (broad SMARTS) is 1. The predicted octanol–water partition coefficient (Wildman–Crippen LogP) is -1.57. The second-order valence-electron chi connectivity index (χ2n) is 1.09. The van der Waals surface area contributed by atoms with Crippen molar-refractivity contribution in [3.8, 4) is 0 Å². The lowest BCUT2D eigenvalue weighted by Gasteiger charge is -1.71. The van der Waals surface area contributed by atoms with Crippen LogP contribution in [-0.4, -0.2) is 33.5 Å². The molecule has 0 radical (unpaired) electrons. The molecule has 0 aromatic heterocycles. The first kappa shape index (κ1) is 11.2. The van der Waals surface area contributed by atoms with Gasteiger partial charge < -0.3 is 20.2 Å². The molecule has 0 saturated heterocycles. The Bertz CT molecular complexity index is 69.8. The third kappa shape index (κ3) is 109. The molecule has 0 aliphatic heterocycles. The summed E-state index contributed by atoms with van der Waals surface area (Å²) in [5.74, 6) is -0.745. The maximum Gasteiger partial charge on any atom is 0.631 e. The van der Waals surface area contributed by atoms with Gasteiger partial charge in [0.25, 0.3) is 0 Å². The van der Waals surface area contributed by atoms with E-state index in [1.165, 1.54) is 0 Å². The second kappa shape index (κ2) is 7.41. The molecule has 0 spiro atoms. The van der Waals surface area contributed by atoms with Gasteiger partial charge in [-0.05, 0) is 0 Å². The van der Waals surface area contributed by atoms with Gasteiger partial charge >= 0.3 is 13.3 Å². The molecule has 0 rings (SSSR count). The van der Waals surface area contributed by atoms with E-state index in [1.54, 1.807) is 6.92 Å². The standard InChI is InChI=1S/C3H6O2.BH3O3/c1-2-3(4)5;2-1(3)4/h2H2,1H3,(H,4,5);2-4H. The largest absolute Gasteiger partial charge is 0.631 e. The van der Waals surface area contributed by atoms with Crippen LogP contribution >= 0.6 is 0 Å². The molecule has 54 valence electrons. The molecule has 0 fully saturated rings. The zero-order valence-corrected chi connectivity index (χ0v) is 4.98. The van der Waals surface area contributed by atoms with Crippen LogP contribution in [0.25, 0.3) is 0 Å². The van der Waals surface area contributed by atoms with Gasteiger partial charge in [-0.15, -0.1) is 0 Å². The monoisotopic (exact) mass is 136 g/mol. The Hall–Kier alpha value is -0.585. The Kier molecular flexibility index (Phi) is 9.26. The van der Waals surface area contributed by atoms with Crippen molar-refractivity contribution in [2.75, 3.05) is 0 Å². The summed E-state index contributed by atoms with van der Waals surface area (Å²) in [6, 6.07) is 0. The summed E-state index contributed by atoms with van der Waals surface area (Å²) in [4.78, 5) is 9.37. The van der Waals surface area contributed by atoms with Gasteiger partial charge in [-0.2, -0.15) is 0 Å². The molecular weight excluding hydrogens is 127 g/mol. The van der Waals surface area contributed by atoms with E-state index >= 15 is 0 Å². The highest BCUT2D eigenvalue weighted by atomic mass is 16.5. The van der Waals surface area contributed by atoms with E-state index in [-0.39, 0.29) is 6.42 Å². The van der Waals surface area contributed by atoms with Crippen LogP contribution in [0, 0.1) is 0 Å². The van der Waals surface area contributed by atoms with E-state index in [2.05, 4.69) is 0 Å². The van der Waals surface area contributed by atoms with Crippen molar-refractivity contribution in [3.63, 3.8) is 0 Å². The molecule has 5 nitrogen and oxygen atoms in total. The molecular formula is C3H9BO5. The minimum atomic E-state index is -2.17. The maximum absolute atomic E-state index is 9.37. The summed E-state index contributed by atoms with van der Waals surface area (Å²) in [5, 5.41) is 29.2. The number of rotatable bonds is 1. The van der Waals surface area contributed by atoms with Crippen LogP contribution in [0.2, 0.25) is 0 Å².